The Morgan fingerprint density at radius 3 is 2.33 bits per heavy atom. The Morgan fingerprint density at radius 2 is 1.83 bits per heavy atom. The summed E-state index contributed by atoms with van der Waals surface area (Å²) in [6.07, 6.45) is 0.469. The van der Waals surface area contributed by atoms with Crippen LogP contribution in [-0.2, 0) is 11.2 Å². The second-order valence-corrected chi connectivity index (χ2v) is 6.11. The lowest BCUT2D eigenvalue weighted by Gasteiger charge is -2.17. The van der Waals surface area contributed by atoms with Crippen LogP contribution in [0.15, 0.2) is 42.5 Å². The van der Waals surface area contributed by atoms with Gasteiger partial charge in [-0.05, 0) is 55.2 Å². The summed E-state index contributed by atoms with van der Waals surface area (Å²) in [5.74, 6) is -0.569. The number of hydrogen-bond donors (Lipinski definition) is 1. The lowest BCUT2D eigenvalue weighted by atomic mass is 9.91. The molecular weight excluding hydrogens is 302 g/mol. The third kappa shape index (κ3) is 4.28. The highest BCUT2D eigenvalue weighted by molar-refractivity contribution is 5.76. The molecule has 1 unspecified atom stereocenters. The first-order valence-electron chi connectivity index (χ1n) is 8.14. The van der Waals surface area contributed by atoms with E-state index >= 15 is 0 Å². The standard InChI is InChI=1S/C20H25NO3/c1-5-24-19-11-8-16(12-14(19)2)18(20(22)23)13-15-6-9-17(10-7-15)21(3)4/h6-12,18H,5,13H2,1-4H3,(H,22,23). The van der Waals surface area contributed by atoms with Crippen molar-refractivity contribution in [3.8, 4) is 5.75 Å². The van der Waals surface area contributed by atoms with Gasteiger partial charge in [-0.25, -0.2) is 0 Å². The first-order chi connectivity index (χ1) is 11.4. The Bertz CT molecular complexity index is 693. The number of carbonyl (C=O) groups is 1. The molecule has 0 radical (unpaired) electrons. The van der Waals surface area contributed by atoms with Crippen molar-refractivity contribution in [1.82, 2.24) is 0 Å². The smallest absolute Gasteiger partial charge is 0.311 e. The maximum absolute atomic E-state index is 11.8. The predicted molar refractivity (Wildman–Crippen MR) is 97.2 cm³/mol. The van der Waals surface area contributed by atoms with Gasteiger partial charge in [-0.3, -0.25) is 4.79 Å². The van der Waals surface area contributed by atoms with E-state index in [0.29, 0.717) is 13.0 Å². The molecule has 0 aliphatic rings. The summed E-state index contributed by atoms with van der Waals surface area (Å²) in [6.45, 7) is 4.48. The number of benzene rings is 2. The van der Waals surface area contributed by atoms with Gasteiger partial charge in [0.1, 0.15) is 5.75 Å². The second kappa shape index (κ2) is 7.86. The molecule has 4 heteroatoms. The largest absolute Gasteiger partial charge is 0.494 e. The number of hydrogen-bond acceptors (Lipinski definition) is 3. The van der Waals surface area contributed by atoms with Crippen molar-refractivity contribution in [2.75, 3.05) is 25.6 Å². The van der Waals surface area contributed by atoms with Crippen molar-refractivity contribution >= 4 is 11.7 Å². The molecule has 0 heterocycles. The van der Waals surface area contributed by atoms with Crippen molar-refractivity contribution in [3.05, 3.63) is 59.2 Å². The fourth-order valence-electron chi connectivity index (χ4n) is 2.72. The van der Waals surface area contributed by atoms with Crippen LogP contribution in [0.4, 0.5) is 5.69 Å². The Kier molecular flexibility index (Phi) is 5.85. The van der Waals surface area contributed by atoms with Crippen LogP contribution in [0.5, 0.6) is 5.75 Å². The fourth-order valence-corrected chi connectivity index (χ4v) is 2.72. The summed E-state index contributed by atoms with van der Waals surface area (Å²) < 4.78 is 5.53. The average molecular weight is 327 g/mol. The van der Waals surface area contributed by atoms with Crippen LogP contribution in [0.1, 0.15) is 29.5 Å². The number of nitrogens with zero attached hydrogens (tertiary/aromatic N) is 1. The number of aliphatic carboxylic acids is 1. The third-order valence-corrected chi connectivity index (χ3v) is 4.09. The van der Waals surface area contributed by atoms with Crippen LogP contribution in [0.3, 0.4) is 0 Å². The van der Waals surface area contributed by atoms with Crippen LogP contribution in [0, 0.1) is 6.92 Å². The Labute approximate surface area is 143 Å². The SMILES string of the molecule is CCOc1ccc(C(Cc2ccc(N(C)C)cc2)C(=O)O)cc1C. The molecule has 0 aliphatic heterocycles. The van der Waals surface area contributed by atoms with Crippen molar-refractivity contribution < 1.29 is 14.6 Å². The van der Waals surface area contributed by atoms with Gasteiger partial charge in [0.05, 0.1) is 12.5 Å². The predicted octanol–water partition coefficient (Wildman–Crippen LogP) is 3.87. The zero-order valence-corrected chi connectivity index (χ0v) is 14.7. The highest BCUT2D eigenvalue weighted by Crippen LogP contribution is 2.27. The molecule has 2 aromatic rings. The molecule has 0 aromatic heterocycles. The zero-order valence-electron chi connectivity index (χ0n) is 14.7. The highest BCUT2D eigenvalue weighted by Gasteiger charge is 2.21. The lowest BCUT2D eigenvalue weighted by Crippen LogP contribution is -2.15. The average Bonchev–Trinajstić information content (AvgIpc) is 2.55. The van der Waals surface area contributed by atoms with E-state index in [4.69, 9.17) is 4.74 Å². The Morgan fingerprint density at radius 1 is 1.17 bits per heavy atom. The molecular formula is C20H25NO3. The van der Waals surface area contributed by atoms with Crippen LogP contribution >= 0.6 is 0 Å². The molecule has 0 saturated heterocycles. The zero-order chi connectivity index (χ0) is 17.7. The van der Waals surface area contributed by atoms with E-state index in [-0.39, 0.29) is 0 Å². The Hall–Kier alpha value is -2.49. The molecule has 1 atom stereocenters. The number of ether oxygens (including phenoxy) is 1. The summed E-state index contributed by atoms with van der Waals surface area (Å²) in [7, 11) is 3.97. The number of anilines is 1. The van der Waals surface area contributed by atoms with Gasteiger partial charge in [-0.1, -0.05) is 24.3 Å². The van der Waals surface area contributed by atoms with E-state index < -0.39 is 11.9 Å². The van der Waals surface area contributed by atoms with E-state index in [9.17, 15) is 9.90 Å². The lowest BCUT2D eigenvalue weighted by molar-refractivity contribution is -0.138. The quantitative estimate of drug-likeness (QED) is 0.839. The minimum atomic E-state index is -0.810. The van der Waals surface area contributed by atoms with E-state index in [1.807, 2.05) is 75.3 Å². The summed E-state index contributed by atoms with van der Waals surface area (Å²) in [5, 5.41) is 9.65. The van der Waals surface area contributed by atoms with Gasteiger partial charge in [-0.15, -0.1) is 0 Å². The summed E-state index contributed by atoms with van der Waals surface area (Å²) >= 11 is 0. The molecule has 24 heavy (non-hydrogen) atoms. The van der Waals surface area contributed by atoms with Crippen molar-refractivity contribution in [2.24, 2.45) is 0 Å². The van der Waals surface area contributed by atoms with Crippen molar-refractivity contribution in [3.63, 3.8) is 0 Å². The molecule has 4 nitrogen and oxygen atoms in total. The minimum absolute atomic E-state index is 0.469. The summed E-state index contributed by atoms with van der Waals surface area (Å²) in [4.78, 5) is 13.8. The van der Waals surface area contributed by atoms with Gasteiger partial charge in [-0.2, -0.15) is 0 Å². The van der Waals surface area contributed by atoms with Gasteiger partial charge in [0, 0.05) is 19.8 Å². The molecule has 2 rings (SSSR count). The minimum Gasteiger partial charge on any atom is -0.494 e. The van der Waals surface area contributed by atoms with Gasteiger partial charge in [0.25, 0.3) is 0 Å². The molecule has 0 aliphatic carbocycles. The highest BCUT2D eigenvalue weighted by atomic mass is 16.5. The van der Waals surface area contributed by atoms with Crippen LogP contribution < -0.4 is 9.64 Å². The van der Waals surface area contributed by atoms with Gasteiger partial charge >= 0.3 is 5.97 Å². The van der Waals surface area contributed by atoms with Crippen molar-refractivity contribution in [2.45, 2.75) is 26.2 Å². The van der Waals surface area contributed by atoms with Crippen LogP contribution in [0.25, 0.3) is 0 Å². The molecule has 0 spiro atoms. The maximum Gasteiger partial charge on any atom is 0.311 e. The molecule has 0 fully saturated rings. The van der Waals surface area contributed by atoms with Crippen LogP contribution in [-0.4, -0.2) is 31.8 Å². The number of aryl methyl sites for hydroxylation is 1. The summed E-state index contributed by atoms with van der Waals surface area (Å²) in [5.41, 5.74) is 3.88. The first kappa shape index (κ1) is 17.9. The molecule has 1 N–H and O–H groups in total. The van der Waals surface area contributed by atoms with E-state index in [1.165, 1.54) is 0 Å². The van der Waals surface area contributed by atoms with E-state index in [2.05, 4.69) is 0 Å². The van der Waals surface area contributed by atoms with E-state index in [1.54, 1.807) is 0 Å². The van der Waals surface area contributed by atoms with Crippen LogP contribution in [0.2, 0.25) is 0 Å². The normalized spacial score (nSPS) is 11.8. The summed E-state index contributed by atoms with van der Waals surface area (Å²) in [6, 6.07) is 13.6. The molecule has 0 saturated carbocycles. The first-order valence-corrected chi connectivity index (χ1v) is 8.14. The monoisotopic (exact) mass is 327 g/mol. The number of rotatable bonds is 7. The van der Waals surface area contributed by atoms with Gasteiger partial charge in [0.15, 0.2) is 0 Å². The third-order valence-electron chi connectivity index (χ3n) is 4.09. The van der Waals surface area contributed by atoms with Crippen molar-refractivity contribution in [1.29, 1.82) is 0 Å². The maximum atomic E-state index is 11.8. The number of carboxylic acid groups (broad SMARTS) is 1. The van der Waals surface area contributed by atoms with Gasteiger partial charge in [0.2, 0.25) is 0 Å². The van der Waals surface area contributed by atoms with Gasteiger partial charge < -0.3 is 14.7 Å². The molecule has 0 bridgehead atoms. The topological polar surface area (TPSA) is 49.8 Å². The second-order valence-electron chi connectivity index (χ2n) is 6.11. The molecule has 0 amide bonds. The molecule has 2 aromatic carbocycles. The Balaban J connectivity index is 2.23. The fraction of sp³-hybridized carbons (Fsp3) is 0.350. The van der Waals surface area contributed by atoms with E-state index in [0.717, 1.165) is 28.1 Å². The number of carboxylic acids is 1. The molecule has 128 valence electrons.